The van der Waals surface area contributed by atoms with E-state index in [9.17, 15) is 23.3 Å². The first-order valence-corrected chi connectivity index (χ1v) is 12.8. The zero-order chi connectivity index (χ0) is 25.3. The van der Waals surface area contributed by atoms with Crippen molar-refractivity contribution in [2.24, 2.45) is 0 Å². The van der Waals surface area contributed by atoms with Crippen LogP contribution in [0.3, 0.4) is 0 Å². The van der Waals surface area contributed by atoms with Gasteiger partial charge in [0.1, 0.15) is 10.3 Å². The molecule has 4 aromatic rings. The number of pyridine rings is 1. The molecule has 0 aliphatic carbocycles. The van der Waals surface area contributed by atoms with Gasteiger partial charge in [0, 0.05) is 46.0 Å². The number of carbonyl (C=O) groups excluding carboxylic acids is 1. The molecular weight excluding hydrogens is 510 g/mol. The fourth-order valence-electron chi connectivity index (χ4n) is 3.38. The lowest BCUT2D eigenvalue weighted by atomic mass is 10.1. The van der Waals surface area contributed by atoms with E-state index >= 15 is 0 Å². The SMILES string of the molecule is CNc1ccc2c(=O)n(-c3ccc(NC(=O)NS(=O)(=O)c4cc(Cl)c(C)s4)cc3)cc(C#N)c2c1. The number of aromatic nitrogens is 1. The molecule has 3 N–H and O–H groups in total. The second kappa shape index (κ2) is 9.42. The molecule has 2 aromatic carbocycles. The molecule has 2 aromatic heterocycles. The van der Waals surface area contributed by atoms with Gasteiger partial charge in [0.15, 0.2) is 0 Å². The van der Waals surface area contributed by atoms with Crippen LogP contribution in [0.4, 0.5) is 16.2 Å². The second-order valence-corrected chi connectivity index (χ2v) is 11.0. The molecule has 4 rings (SSSR count). The van der Waals surface area contributed by atoms with Gasteiger partial charge in [-0.1, -0.05) is 11.6 Å². The smallest absolute Gasteiger partial charge is 0.333 e. The van der Waals surface area contributed by atoms with Crippen molar-refractivity contribution in [2.75, 3.05) is 17.7 Å². The maximum absolute atomic E-state index is 13.1. The van der Waals surface area contributed by atoms with Crippen molar-refractivity contribution in [3.05, 3.63) is 80.5 Å². The van der Waals surface area contributed by atoms with Gasteiger partial charge in [-0.2, -0.15) is 5.26 Å². The number of hydrogen-bond acceptors (Lipinski definition) is 7. The monoisotopic (exact) mass is 527 g/mol. The minimum absolute atomic E-state index is 0.0729. The van der Waals surface area contributed by atoms with Crippen LogP contribution in [0.5, 0.6) is 0 Å². The first-order valence-electron chi connectivity index (χ1n) is 10.1. The number of sulfonamides is 1. The normalized spacial score (nSPS) is 11.1. The number of benzene rings is 2. The summed E-state index contributed by atoms with van der Waals surface area (Å²) >= 11 is 6.87. The molecule has 9 nitrogen and oxygen atoms in total. The van der Waals surface area contributed by atoms with Gasteiger partial charge >= 0.3 is 6.03 Å². The van der Waals surface area contributed by atoms with Crippen molar-refractivity contribution in [2.45, 2.75) is 11.1 Å². The van der Waals surface area contributed by atoms with Crippen molar-refractivity contribution in [1.29, 1.82) is 5.26 Å². The summed E-state index contributed by atoms with van der Waals surface area (Å²) in [7, 11) is -2.33. The topological polar surface area (TPSA) is 133 Å². The first-order chi connectivity index (χ1) is 16.6. The zero-order valence-electron chi connectivity index (χ0n) is 18.4. The third-order valence-corrected chi connectivity index (χ3v) is 8.52. The van der Waals surface area contributed by atoms with Gasteiger partial charge in [-0.25, -0.2) is 17.9 Å². The Bertz CT molecular complexity index is 1650. The summed E-state index contributed by atoms with van der Waals surface area (Å²) in [6, 6.07) is 13.8. The second-order valence-electron chi connectivity index (χ2n) is 7.42. The standard InChI is InChI=1S/C23H18ClN5O4S2/c1-13-20(24)10-21(34-13)35(32,33)28-23(31)27-15-3-6-17(7-4-15)29-12-14(11-25)19-9-16(26-2)5-8-18(19)22(29)30/h3-10,12,26H,1-2H3,(H2,27,28,31). The maximum atomic E-state index is 13.1. The largest absolute Gasteiger partial charge is 0.388 e. The summed E-state index contributed by atoms with van der Waals surface area (Å²) in [6.07, 6.45) is 1.46. The maximum Gasteiger partial charge on any atom is 0.333 e. The number of thiophene rings is 1. The Balaban J connectivity index is 1.57. The third-order valence-electron chi connectivity index (χ3n) is 5.16. The average Bonchev–Trinajstić information content (AvgIpc) is 3.18. The molecule has 0 bridgehead atoms. The number of nitrogens with one attached hydrogen (secondary N) is 3. The van der Waals surface area contributed by atoms with E-state index in [1.165, 1.54) is 29.0 Å². The highest BCUT2D eigenvalue weighted by Gasteiger charge is 2.21. The number of amides is 2. The van der Waals surface area contributed by atoms with Crippen LogP contribution in [0.15, 0.2) is 63.7 Å². The van der Waals surface area contributed by atoms with Crippen LogP contribution in [0, 0.1) is 18.3 Å². The van der Waals surface area contributed by atoms with E-state index in [1.54, 1.807) is 44.3 Å². The van der Waals surface area contributed by atoms with Crippen LogP contribution in [-0.2, 0) is 10.0 Å². The Morgan fingerprint density at radius 1 is 1.09 bits per heavy atom. The summed E-state index contributed by atoms with van der Waals surface area (Å²) in [5.74, 6) is 0. The Hall–Kier alpha value is -3.85. The summed E-state index contributed by atoms with van der Waals surface area (Å²) in [6.45, 7) is 1.67. The summed E-state index contributed by atoms with van der Waals surface area (Å²) in [5, 5.41) is 16.3. The van der Waals surface area contributed by atoms with Gasteiger partial charge in [0.05, 0.1) is 10.6 Å². The van der Waals surface area contributed by atoms with Crippen molar-refractivity contribution < 1.29 is 13.2 Å². The van der Waals surface area contributed by atoms with E-state index in [2.05, 4.69) is 16.7 Å². The van der Waals surface area contributed by atoms with Crippen LogP contribution in [0.2, 0.25) is 5.02 Å². The molecule has 2 heterocycles. The fraction of sp³-hybridized carbons (Fsp3) is 0.0870. The van der Waals surface area contributed by atoms with Crippen LogP contribution < -0.4 is 20.9 Å². The molecule has 12 heteroatoms. The Labute approximate surface area is 209 Å². The minimum Gasteiger partial charge on any atom is -0.388 e. The number of nitriles is 1. The van der Waals surface area contributed by atoms with Crippen LogP contribution in [-0.4, -0.2) is 26.1 Å². The van der Waals surface area contributed by atoms with Crippen molar-refractivity contribution in [3.63, 3.8) is 0 Å². The molecule has 0 atom stereocenters. The first kappa shape index (κ1) is 24.3. The van der Waals surface area contributed by atoms with Crippen molar-refractivity contribution in [1.82, 2.24) is 9.29 Å². The lowest BCUT2D eigenvalue weighted by Crippen LogP contribution is -2.33. The molecule has 0 aliphatic rings. The van der Waals surface area contributed by atoms with Gasteiger partial charge < -0.3 is 10.6 Å². The molecular formula is C23H18ClN5O4S2. The number of nitrogens with zero attached hydrogens (tertiary/aromatic N) is 2. The highest BCUT2D eigenvalue weighted by Crippen LogP contribution is 2.29. The van der Waals surface area contributed by atoms with Crippen LogP contribution in [0.25, 0.3) is 16.5 Å². The van der Waals surface area contributed by atoms with Crippen molar-refractivity contribution >= 4 is 61.1 Å². The number of aryl methyl sites for hydroxylation is 1. The summed E-state index contributed by atoms with van der Waals surface area (Å²) < 4.78 is 28.0. The molecule has 0 saturated heterocycles. The van der Waals surface area contributed by atoms with Gasteiger partial charge in [0.25, 0.3) is 15.6 Å². The highest BCUT2D eigenvalue weighted by molar-refractivity contribution is 7.92. The lowest BCUT2D eigenvalue weighted by molar-refractivity contribution is 0.256. The molecule has 35 heavy (non-hydrogen) atoms. The predicted molar refractivity (Wildman–Crippen MR) is 137 cm³/mol. The minimum atomic E-state index is -4.08. The average molecular weight is 528 g/mol. The molecule has 0 radical (unpaired) electrons. The van der Waals surface area contributed by atoms with E-state index in [-0.39, 0.29) is 9.77 Å². The van der Waals surface area contributed by atoms with E-state index in [1.807, 2.05) is 4.72 Å². The summed E-state index contributed by atoms with van der Waals surface area (Å²) in [4.78, 5) is 25.9. The number of anilines is 2. The van der Waals surface area contributed by atoms with E-state index in [0.717, 1.165) is 17.0 Å². The summed E-state index contributed by atoms with van der Waals surface area (Å²) in [5.41, 5.74) is 1.56. The number of rotatable bonds is 5. The van der Waals surface area contributed by atoms with Gasteiger partial charge in [-0.3, -0.25) is 9.36 Å². The molecule has 0 aliphatic heterocycles. The lowest BCUT2D eigenvalue weighted by Gasteiger charge is -2.12. The molecule has 0 fully saturated rings. The van der Waals surface area contributed by atoms with E-state index in [0.29, 0.717) is 37.6 Å². The highest BCUT2D eigenvalue weighted by atomic mass is 35.5. The molecule has 0 unspecified atom stereocenters. The Kier molecular flexibility index (Phi) is 6.53. The Morgan fingerprint density at radius 2 is 1.77 bits per heavy atom. The third kappa shape index (κ3) is 4.85. The predicted octanol–water partition coefficient (Wildman–Crippen LogP) is 4.44. The van der Waals surface area contributed by atoms with Crippen LogP contribution >= 0.6 is 22.9 Å². The fourth-order valence-corrected chi connectivity index (χ4v) is 5.97. The van der Waals surface area contributed by atoms with E-state index < -0.39 is 16.1 Å². The van der Waals surface area contributed by atoms with Gasteiger partial charge in [-0.15, -0.1) is 11.3 Å². The van der Waals surface area contributed by atoms with E-state index in [4.69, 9.17) is 11.6 Å². The van der Waals surface area contributed by atoms with Gasteiger partial charge in [-0.05, 0) is 55.5 Å². The van der Waals surface area contributed by atoms with Crippen LogP contribution in [0.1, 0.15) is 10.4 Å². The number of halogens is 1. The number of carbonyl (C=O) groups is 1. The quantitative estimate of drug-likeness (QED) is 0.351. The van der Waals surface area contributed by atoms with Gasteiger partial charge in [0.2, 0.25) is 0 Å². The molecule has 178 valence electrons. The van der Waals surface area contributed by atoms with Crippen molar-refractivity contribution in [3.8, 4) is 11.8 Å². The molecule has 0 spiro atoms. The number of fused-ring (bicyclic) bond motifs is 1. The molecule has 2 amide bonds. The molecule has 0 saturated carbocycles. The number of hydrogen-bond donors (Lipinski definition) is 3. The Morgan fingerprint density at radius 3 is 2.37 bits per heavy atom. The number of urea groups is 1. The zero-order valence-corrected chi connectivity index (χ0v) is 20.8.